The van der Waals surface area contributed by atoms with E-state index in [1.807, 2.05) is 0 Å². The van der Waals surface area contributed by atoms with Crippen molar-refractivity contribution in [2.45, 2.75) is 13.0 Å². The molecule has 0 fully saturated rings. The first kappa shape index (κ1) is 15.3. The van der Waals surface area contributed by atoms with Crippen LogP contribution in [0.5, 0.6) is 5.75 Å². The molecule has 6 nitrogen and oxygen atoms in total. The van der Waals surface area contributed by atoms with Gasteiger partial charge in [-0.3, -0.25) is 0 Å². The van der Waals surface area contributed by atoms with E-state index < -0.39 is 0 Å². The molecule has 0 atom stereocenters. The van der Waals surface area contributed by atoms with Crippen molar-refractivity contribution >= 4 is 5.84 Å². The van der Waals surface area contributed by atoms with E-state index in [2.05, 4.69) is 5.16 Å². The molecule has 1 rings (SSSR count). The lowest BCUT2D eigenvalue weighted by Gasteiger charge is -2.11. The van der Waals surface area contributed by atoms with Crippen LogP contribution in [0.25, 0.3) is 0 Å². The molecule has 0 unspecified atom stereocenters. The molecule has 0 aromatic heterocycles. The predicted octanol–water partition coefficient (Wildman–Crippen LogP) is 1.34. The third-order valence-electron chi connectivity index (χ3n) is 2.58. The van der Waals surface area contributed by atoms with Gasteiger partial charge in [0.25, 0.3) is 0 Å². The van der Waals surface area contributed by atoms with E-state index in [4.69, 9.17) is 25.2 Å². The minimum atomic E-state index is 0.0586. The second kappa shape index (κ2) is 8.34. The van der Waals surface area contributed by atoms with Crippen LogP contribution in [0, 0.1) is 0 Å². The number of amidine groups is 1. The van der Waals surface area contributed by atoms with Crippen LogP contribution in [0.4, 0.5) is 0 Å². The number of methoxy groups -OCH3 is 2. The topological polar surface area (TPSA) is 86.3 Å². The van der Waals surface area contributed by atoms with E-state index in [1.54, 1.807) is 32.4 Å². The molecular weight excluding hydrogens is 248 g/mol. The molecule has 1 aromatic carbocycles. The summed E-state index contributed by atoms with van der Waals surface area (Å²) < 4.78 is 15.7. The zero-order valence-electron chi connectivity index (χ0n) is 11.3. The van der Waals surface area contributed by atoms with Crippen LogP contribution in [-0.2, 0) is 16.1 Å². The Balaban J connectivity index is 2.68. The SMILES string of the molecule is COCCCOCc1cc(/C(N)=N/O)ccc1OC. The monoisotopic (exact) mass is 268 g/mol. The van der Waals surface area contributed by atoms with E-state index in [-0.39, 0.29) is 5.84 Å². The third kappa shape index (κ3) is 4.76. The Kier molecular flexibility index (Phi) is 6.70. The first-order chi connectivity index (χ1) is 9.22. The molecule has 0 radical (unpaired) electrons. The average molecular weight is 268 g/mol. The first-order valence-electron chi connectivity index (χ1n) is 5.94. The van der Waals surface area contributed by atoms with Crippen molar-refractivity contribution in [3.63, 3.8) is 0 Å². The lowest BCUT2D eigenvalue weighted by molar-refractivity contribution is 0.0916. The predicted molar refractivity (Wildman–Crippen MR) is 71.7 cm³/mol. The van der Waals surface area contributed by atoms with E-state index in [1.165, 1.54) is 0 Å². The summed E-state index contributed by atoms with van der Waals surface area (Å²) in [7, 11) is 3.25. The smallest absolute Gasteiger partial charge is 0.170 e. The minimum Gasteiger partial charge on any atom is -0.496 e. The summed E-state index contributed by atoms with van der Waals surface area (Å²) in [5, 5.41) is 11.6. The van der Waals surface area contributed by atoms with Crippen molar-refractivity contribution in [3.05, 3.63) is 29.3 Å². The third-order valence-corrected chi connectivity index (χ3v) is 2.58. The van der Waals surface area contributed by atoms with Gasteiger partial charge in [-0.1, -0.05) is 5.16 Å². The summed E-state index contributed by atoms with van der Waals surface area (Å²) in [5.41, 5.74) is 7.03. The van der Waals surface area contributed by atoms with Gasteiger partial charge in [-0.25, -0.2) is 0 Å². The van der Waals surface area contributed by atoms with Crippen LogP contribution in [0.2, 0.25) is 0 Å². The maximum absolute atomic E-state index is 8.67. The van der Waals surface area contributed by atoms with E-state index >= 15 is 0 Å². The molecule has 0 saturated heterocycles. The maximum atomic E-state index is 8.67. The van der Waals surface area contributed by atoms with E-state index in [9.17, 15) is 0 Å². The zero-order valence-corrected chi connectivity index (χ0v) is 11.3. The van der Waals surface area contributed by atoms with Gasteiger partial charge in [-0.15, -0.1) is 0 Å². The second-order valence-electron chi connectivity index (χ2n) is 3.91. The van der Waals surface area contributed by atoms with Crippen molar-refractivity contribution in [1.82, 2.24) is 0 Å². The number of oxime groups is 1. The molecular formula is C13H20N2O4. The van der Waals surface area contributed by atoms with Crippen LogP contribution < -0.4 is 10.5 Å². The number of benzene rings is 1. The van der Waals surface area contributed by atoms with Crippen molar-refractivity contribution in [3.8, 4) is 5.75 Å². The number of ether oxygens (including phenoxy) is 3. The van der Waals surface area contributed by atoms with Gasteiger partial charge < -0.3 is 25.2 Å². The summed E-state index contributed by atoms with van der Waals surface area (Å²) >= 11 is 0. The maximum Gasteiger partial charge on any atom is 0.170 e. The highest BCUT2D eigenvalue weighted by atomic mass is 16.5. The molecule has 0 saturated carbocycles. The molecule has 0 bridgehead atoms. The summed E-state index contributed by atoms with van der Waals surface area (Å²) in [4.78, 5) is 0. The van der Waals surface area contributed by atoms with Gasteiger partial charge in [0.1, 0.15) is 5.75 Å². The Morgan fingerprint density at radius 2 is 2.11 bits per heavy atom. The summed E-state index contributed by atoms with van der Waals surface area (Å²) in [6.07, 6.45) is 0.832. The second-order valence-corrected chi connectivity index (χ2v) is 3.91. The number of nitrogens with two attached hydrogens (primary N) is 1. The Bertz CT molecular complexity index is 421. The van der Waals surface area contributed by atoms with E-state index in [0.717, 1.165) is 12.0 Å². The standard InChI is InChI=1S/C13H20N2O4/c1-17-6-3-7-19-9-11-8-10(13(14)15-16)4-5-12(11)18-2/h4-5,8,16H,3,6-7,9H2,1-2H3,(H2,14,15). The highest BCUT2D eigenvalue weighted by Gasteiger charge is 2.07. The highest BCUT2D eigenvalue weighted by molar-refractivity contribution is 5.97. The lowest BCUT2D eigenvalue weighted by atomic mass is 10.1. The molecule has 0 spiro atoms. The molecule has 3 N–H and O–H groups in total. The largest absolute Gasteiger partial charge is 0.496 e. The Morgan fingerprint density at radius 1 is 1.32 bits per heavy atom. The fraction of sp³-hybridized carbons (Fsp3) is 0.462. The molecule has 1 aromatic rings. The van der Waals surface area contributed by atoms with Gasteiger partial charge in [-0.2, -0.15) is 0 Å². The summed E-state index contributed by atoms with van der Waals surface area (Å²) in [5.74, 6) is 0.768. The van der Waals surface area contributed by atoms with Crippen LogP contribution >= 0.6 is 0 Å². The highest BCUT2D eigenvalue weighted by Crippen LogP contribution is 2.20. The average Bonchev–Trinajstić information content (AvgIpc) is 2.46. The Labute approximate surface area is 112 Å². The van der Waals surface area contributed by atoms with Gasteiger partial charge in [0.15, 0.2) is 5.84 Å². The molecule has 0 aliphatic rings. The van der Waals surface area contributed by atoms with Gasteiger partial charge in [0.05, 0.1) is 13.7 Å². The Morgan fingerprint density at radius 3 is 2.74 bits per heavy atom. The van der Waals surface area contributed by atoms with Gasteiger partial charge in [0.2, 0.25) is 0 Å². The molecule has 0 aliphatic carbocycles. The van der Waals surface area contributed by atoms with Crippen molar-refractivity contribution < 1.29 is 19.4 Å². The first-order valence-corrected chi connectivity index (χ1v) is 5.94. The fourth-order valence-corrected chi connectivity index (χ4v) is 1.60. The molecule has 6 heteroatoms. The molecule has 19 heavy (non-hydrogen) atoms. The van der Waals surface area contributed by atoms with Crippen molar-refractivity contribution in [2.75, 3.05) is 27.4 Å². The van der Waals surface area contributed by atoms with Crippen LogP contribution in [0.1, 0.15) is 17.5 Å². The fourth-order valence-electron chi connectivity index (χ4n) is 1.60. The van der Waals surface area contributed by atoms with Gasteiger partial charge in [0, 0.05) is 31.5 Å². The number of hydrogen-bond donors (Lipinski definition) is 2. The van der Waals surface area contributed by atoms with Gasteiger partial charge in [-0.05, 0) is 24.6 Å². The van der Waals surface area contributed by atoms with Crippen LogP contribution in [0.15, 0.2) is 23.4 Å². The summed E-state index contributed by atoms with van der Waals surface area (Å²) in [6.45, 7) is 1.67. The molecule has 0 heterocycles. The van der Waals surface area contributed by atoms with E-state index in [0.29, 0.717) is 31.1 Å². The number of nitrogens with zero attached hydrogens (tertiary/aromatic N) is 1. The quantitative estimate of drug-likeness (QED) is 0.244. The van der Waals surface area contributed by atoms with Gasteiger partial charge >= 0.3 is 0 Å². The van der Waals surface area contributed by atoms with Crippen LogP contribution in [-0.4, -0.2) is 38.5 Å². The van der Waals surface area contributed by atoms with Crippen LogP contribution in [0.3, 0.4) is 0 Å². The molecule has 0 amide bonds. The zero-order chi connectivity index (χ0) is 14.1. The molecule has 106 valence electrons. The van der Waals surface area contributed by atoms with Crippen molar-refractivity contribution in [1.29, 1.82) is 0 Å². The minimum absolute atomic E-state index is 0.0586. The number of hydrogen-bond acceptors (Lipinski definition) is 5. The molecule has 0 aliphatic heterocycles. The normalized spacial score (nSPS) is 11.6. The summed E-state index contributed by atoms with van der Waals surface area (Å²) in [6, 6.07) is 5.27. The Hall–Kier alpha value is -1.79. The van der Waals surface area contributed by atoms with Crippen molar-refractivity contribution in [2.24, 2.45) is 10.9 Å². The number of rotatable bonds is 8. The lowest BCUT2D eigenvalue weighted by Crippen LogP contribution is -2.13.